The van der Waals surface area contributed by atoms with Gasteiger partial charge in [0.2, 0.25) is 10.0 Å². The molecule has 0 aliphatic carbocycles. The molecule has 2 rings (SSSR count). The smallest absolute Gasteiger partial charge is 0.240 e. The van der Waals surface area contributed by atoms with Crippen molar-refractivity contribution in [1.82, 2.24) is 4.72 Å². The molecule has 118 valence electrons. The summed E-state index contributed by atoms with van der Waals surface area (Å²) in [5, 5.41) is 9.33. The molecule has 1 heterocycles. The van der Waals surface area contributed by atoms with Crippen LogP contribution in [0.3, 0.4) is 0 Å². The Morgan fingerprint density at radius 3 is 2.81 bits per heavy atom. The Hall–Kier alpha value is -0.950. The van der Waals surface area contributed by atoms with Crippen LogP contribution in [0.1, 0.15) is 37.3 Å². The van der Waals surface area contributed by atoms with Gasteiger partial charge in [-0.3, -0.25) is 0 Å². The number of rotatable bonds is 7. The van der Waals surface area contributed by atoms with Crippen molar-refractivity contribution in [3.05, 3.63) is 29.3 Å². The molecule has 0 amide bonds. The van der Waals surface area contributed by atoms with E-state index in [4.69, 9.17) is 4.74 Å². The van der Waals surface area contributed by atoms with Gasteiger partial charge in [-0.2, -0.15) is 0 Å². The molecule has 0 aromatic heterocycles. The van der Waals surface area contributed by atoms with E-state index >= 15 is 0 Å². The highest BCUT2D eigenvalue weighted by molar-refractivity contribution is 7.89. The molecule has 5 nitrogen and oxygen atoms in total. The predicted octanol–water partition coefficient (Wildman–Crippen LogP) is 1.59. The summed E-state index contributed by atoms with van der Waals surface area (Å²) in [5.74, 6) is 0. The van der Waals surface area contributed by atoms with Crippen LogP contribution in [0.4, 0.5) is 0 Å². The quantitative estimate of drug-likeness (QED) is 0.801. The van der Waals surface area contributed by atoms with E-state index in [2.05, 4.69) is 4.72 Å². The van der Waals surface area contributed by atoms with Crippen LogP contribution in [0, 0.1) is 0 Å². The fourth-order valence-electron chi connectivity index (χ4n) is 2.57. The van der Waals surface area contributed by atoms with Gasteiger partial charge in [0.15, 0.2) is 0 Å². The number of hydrogen-bond donors (Lipinski definition) is 2. The standard InChI is InChI=1S/C15H23NO4S/c1-2-12-5-6-15(10-13(12)11-17)21(18,19)16-8-7-14-4-3-9-20-14/h5-6,10,14,16-17H,2-4,7-9,11H2,1H3. The third-order valence-corrected chi connectivity index (χ3v) is 5.28. The Balaban J connectivity index is 2.01. The van der Waals surface area contributed by atoms with E-state index in [9.17, 15) is 13.5 Å². The Bertz CT molecular complexity index is 565. The van der Waals surface area contributed by atoms with Crippen LogP contribution in [-0.2, 0) is 27.8 Å². The molecule has 6 heteroatoms. The molecule has 0 radical (unpaired) electrons. The largest absolute Gasteiger partial charge is 0.392 e. The summed E-state index contributed by atoms with van der Waals surface area (Å²) in [6.07, 6.45) is 3.68. The lowest BCUT2D eigenvalue weighted by molar-refractivity contribution is 0.105. The Morgan fingerprint density at radius 1 is 1.38 bits per heavy atom. The number of benzene rings is 1. The van der Waals surface area contributed by atoms with Crippen LogP contribution in [0.25, 0.3) is 0 Å². The van der Waals surface area contributed by atoms with Gasteiger partial charge in [0.25, 0.3) is 0 Å². The number of hydrogen-bond acceptors (Lipinski definition) is 4. The van der Waals surface area contributed by atoms with Gasteiger partial charge in [-0.15, -0.1) is 0 Å². The van der Waals surface area contributed by atoms with E-state index in [1.165, 1.54) is 0 Å². The zero-order valence-corrected chi connectivity index (χ0v) is 13.2. The minimum Gasteiger partial charge on any atom is -0.392 e. The fourth-order valence-corrected chi connectivity index (χ4v) is 3.67. The molecular weight excluding hydrogens is 290 g/mol. The fraction of sp³-hybridized carbons (Fsp3) is 0.600. The molecule has 1 aliphatic heterocycles. The average molecular weight is 313 g/mol. The molecule has 21 heavy (non-hydrogen) atoms. The third-order valence-electron chi connectivity index (χ3n) is 3.82. The van der Waals surface area contributed by atoms with E-state index in [0.717, 1.165) is 31.4 Å². The van der Waals surface area contributed by atoms with Gasteiger partial charge < -0.3 is 9.84 Å². The minimum atomic E-state index is -3.53. The van der Waals surface area contributed by atoms with Gasteiger partial charge in [0.1, 0.15) is 0 Å². The van der Waals surface area contributed by atoms with Crippen molar-refractivity contribution in [3.63, 3.8) is 0 Å². The first kappa shape index (κ1) is 16.4. The van der Waals surface area contributed by atoms with Gasteiger partial charge in [0, 0.05) is 13.2 Å². The maximum absolute atomic E-state index is 12.2. The Labute approximate surface area is 126 Å². The second kappa shape index (κ2) is 7.35. The van der Waals surface area contributed by atoms with Crippen LogP contribution in [0.15, 0.2) is 23.1 Å². The first-order valence-electron chi connectivity index (χ1n) is 7.40. The molecule has 0 bridgehead atoms. The highest BCUT2D eigenvalue weighted by Gasteiger charge is 2.18. The van der Waals surface area contributed by atoms with Gasteiger partial charge >= 0.3 is 0 Å². The summed E-state index contributed by atoms with van der Waals surface area (Å²) in [7, 11) is -3.53. The van der Waals surface area contributed by atoms with Crippen molar-refractivity contribution < 1.29 is 18.3 Å². The summed E-state index contributed by atoms with van der Waals surface area (Å²) in [6, 6.07) is 4.90. The first-order chi connectivity index (χ1) is 10.1. The molecule has 1 unspecified atom stereocenters. The SMILES string of the molecule is CCc1ccc(S(=O)(=O)NCCC2CCCO2)cc1CO. The lowest BCUT2D eigenvalue weighted by Gasteiger charge is -2.12. The summed E-state index contributed by atoms with van der Waals surface area (Å²) in [6.45, 7) is 2.97. The van der Waals surface area contributed by atoms with Crippen LogP contribution in [-0.4, -0.2) is 32.8 Å². The second-order valence-corrected chi connectivity index (χ2v) is 7.03. The first-order valence-corrected chi connectivity index (χ1v) is 8.89. The monoisotopic (exact) mass is 313 g/mol. The molecule has 1 aromatic rings. The normalized spacial score (nSPS) is 19.0. The highest BCUT2D eigenvalue weighted by atomic mass is 32.2. The van der Waals surface area contributed by atoms with E-state index < -0.39 is 10.0 Å². The lowest BCUT2D eigenvalue weighted by atomic mass is 10.1. The van der Waals surface area contributed by atoms with Crippen molar-refractivity contribution in [2.75, 3.05) is 13.2 Å². The average Bonchev–Trinajstić information content (AvgIpc) is 2.99. The van der Waals surface area contributed by atoms with Crippen LogP contribution >= 0.6 is 0 Å². The van der Waals surface area contributed by atoms with Crippen molar-refractivity contribution in [2.24, 2.45) is 0 Å². The van der Waals surface area contributed by atoms with Crippen molar-refractivity contribution in [3.8, 4) is 0 Å². The minimum absolute atomic E-state index is 0.150. The van der Waals surface area contributed by atoms with Crippen LogP contribution in [0.5, 0.6) is 0 Å². The maximum Gasteiger partial charge on any atom is 0.240 e. The number of nitrogens with one attached hydrogen (secondary N) is 1. The van der Waals surface area contributed by atoms with E-state index in [1.54, 1.807) is 18.2 Å². The predicted molar refractivity (Wildman–Crippen MR) is 80.5 cm³/mol. The molecule has 0 saturated carbocycles. The van der Waals surface area contributed by atoms with Gasteiger partial charge in [-0.1, -0.05) is 13.0 Å². The summed E-state index contributed by atoms with van der Waals surface area (Å²) >= 11 is 0. The molecule has 0 spiro atoms. The number of aliphatic hydroxyl groups excluding tert-OH is 1. The summed E-state index contributed by atoms with van der Waals surface area (Å²) in [4.78, 5) is 0.205. The van der Waals surface area contributed by atoms with Gasteiger partial charge in [-0.05, 0) is 48.9 Å². The molecule has 1 aliphatic rings. The van der Waals surface area contributed by atoms with Crippen LogP contribution < -0.4 is 4.72 Å². The summed E-state index contributed by atoms with van der Waals surface area (Å²) < 4.78 is 32.6. The third kappa shape index (κ3) is 4.26. The summed E-state index contributed by atoms with van der Waals surface area (Å²) in [5.41, 5.74) is 1.63. The number of aliphatic hydroxyl groups is 1. The van der Waals surface area contributed by atoms with Crippen molar-refractivity contribution >= 4 is 10.0 Å². The molecule has 1 atom stereocenters. The number of ether oxygens (including phenoxy) is 1. The lowest BCUT2D eigenvalue weighted by Crippen LogP contribution is -2.27. The maximum atomic E-state index is 12.2. The van der Waals surface area contributed by atoms with Gasteiger partial charge in [-0.25, -0.2) is 13.1 Å². The zero-order valence-electron chi connectivity index (χ0n) is 12.3. The molecule has 1 saturated heterocycles. The van der Waals surface area contributed by atoms with Crippen molar-refractivity contribution in [2.45, 2.75) is 50.2 Å². The second-order valence-electron chi connectivity index (χ2n) is 5.26. The van der Waals surface area contributed by atoms with Crippen LogP contribution in [0.2, 0.25) is 0 Å². The molecule has 2 N–H and O–H groups in total. The molecular formula is C15H23NO4S. The van der Waals surface area contributed by atoms with E-state index in [1.807, 2.05) is 6.92 Å². The van der Waals surface area contributed by atoms with Gasteiger partial charge in [0.05, 0.1) is 17.6 Å². The number of sulfonamides is 1. The zero-order chi connectivity index (χ0) is 15.3. The Morgan fingerprint density at radius 2 is 2.19 bits per heavy atom. The number of aryl methyl sites for hydroxylation is 1. The van der Waals surface area contributed by atoms with Crippen molar-refractivity contribution in [1.29, 1.82) is 0 Å². The highest BCUT2D eigenvalue weighted by Crippen LogP contribution is 2.18. The van der Waals surface area contributed by atoms with E-state index in [-0.39, 0.29) is 17.6 Å². The van der Waals surface area contributed by atoms with E-state index in [0.29, 0.717) is 18.5 Å². The molecule has 1 fully saturated rings. The molecule has 1 aromatic carbocycles. The topological polar surface area (TPSA) is 75.6 Å². The Kier molecular flexibility index (Phi) is 5.75.